The Morgan fingerprint density at radius 3 is 2.38 bits per heavy atom. The van der Waals surface area contributed by atoms with E-state index in [1.807, 2.05) is 24.3 Å². The van der Waals surface area contributed by atoms with E-state index < -0.39 is 5.60 Å². The van der Waals surface area contributed by atoms with Crippen molar-refractivity contribution in [1.29, 1.82) is 0 Å². The molecule has 0 heterocycles. The van der Waals surface area contributed by atoms with E-state index >= 15 is 0 Å². The quantitative estimate of drug-likeness (QED) is 0.562. The number of esters is 1. The summed E-state index contributed by atoms with van der Waals surface area (Å²) < 4.78 is 10.7. The molecule has 0 unspecified atom stereocenters. The smallest absolute Gasteiger partial charge is 0.349 e. The fourth-order valence-electron chi connectivity index (χ4n) is 1.90. The van der Waals surface area contributed by atoms with Gasteiger partial charge in [-0.3, -0.25) is 0 Å². The summed E-state index contributed by atoms with van der Waals surface area (Å²) in [7, 11) is 0. The van der Waals surface area contributed by atoms with E-state index in [9.17, 15) is 4.79 Å². The van der Waals surface area contributed by atoms with E-state index in [1.165, 1.54) is 5.56 Å². The molecule has 1 rings (SSSR count). The largest absolute Gasteiger partial charge is 0.476 e. The zero-order chi connectivity index (χ0) is 15.7. The summed E-state index contributed by atoms with van der Waals surface area (Å²) in [5.41, 5.74) is 0.278. The summed E-state index contributed by atoms with van der Waals surface area (Å²) in [4.78, 5) is 11.8. The van der Waals surface area contributed by atoms with E-state index in [0.717, 1.165) is 25.9 Å². The van der Waals surface area contributed by atoms with Crippen molar-refractivity contribution in [3.63, 3.8) is 0 Å². The lowest BCUT2D eigenvalue weighted by Gasteiger charge is -2.24. The zero-order valence-corrected chi connectivity index (χ0v) is 13.6. The van der Waals surface area contributed by atoms with Gasteiger partial charge >= 0.3 is 5.97 Å². The Hall–Kier alpha value is -1.55. The monoisotopic (exact) mass is 293 g/mol. The molecule has 0 aliphatic rings. The van der Waals surface area contributed by atoms with Gasteiger partial charge in [-0.2, -0.15) is 0 Å². The Labute approximate surface area is 127 Å². The number of hydrogen-bond acceptors (Lipinski definition) is 4. The minimum absolute atomic E-state index is 0.349. The zero-order valence-electron chi connectivity index (χ0n) is 13.6. The van der Waals surface area contributed by atoms with Gasteiger partial charge in [-0.15, -0.1) is 0 Å². The van der Waals surface area contributed by atoms with E-state index in [1.54, 1.807) is 20.8 Å². The van der Waals surface area contributed by atoms with Crippen LogP contribution in [0.15, 0.2) is 24.3 Å². The maximum atomic E-state index is 11.8. The lowest BCUT2D eigenvalue weighted by Crippen LogP contribution is -2.39. The molecule has 1 aromatic rings. The van der Waals surface area contributed by atoms with Crippen molar-refractivity contribution in [1.82, 2.24) is 5.32 Å². The molecule has 0 aliphatic heterocycles. The summed E-state index contributed by atoms with van der Waals surface area (Å²) in [6.45, 7) is 9.76. The Kier molecular flexibility index (Phi) is 7.23. The highest BCUT2D eigenvalue weighted by Crippen LogP contribution is 2.20. The molecule has 0 aromatic heterocycles. The van der Waals surface area contributed by atoms with Crippen LogP contribution in [-0.4, -0.2) is 31.3 Å². The summed E-state index contributed by atoms with van der Waals surface area (Å²) in [6, 6.07) is 7.86. The molecule has 21 heavy (non-hydrogen) atoms. The van der Waals surface area contributed by atoms with Crippen LogP contribution in [0.25, 0.3) is 0 Å². The third kappa shape index (κ3) is 6.17. The third-order valence-electron chi connectivity index (χ3n) is 3.08. The number of hydrogen-bond donors (Lipinski definition) is 1. The molecule has 1 aromatic carbocycles. The molecule has 0 atom stereocenters. The first kappa shape index (κ1) is 17.5. The Morgan fingerprint density at radius 2 is 1.81 bits per heavy atom. The molecule has 0 spiro atoms. The van der Waals surface area contributed by atoms with Gasteiger partial charge in [0, 0.05) is 0 Å². The van der Waals surface area contributed by atoms with Crippen LogP contribution in [-0.2, 0) is 16.0 Å². The first-order chi connectivity index (χ1) is 9.99. The maximum Gasteiger partial charge on any atom is 0.349 e. The fraction of sp³-hybridized carbons (Fsp3) is 0.588. The van der Waals surface area contributed by atoms with Gasteiger partial charge in [-0.25, -0.2) is 4.79 Å². The number of benzene rings is 1. The van der Waals surface area contributed by atoms with Crippen molar-refractivity contribution in [2.24, 2.45) is 0 Å². The van der Waals surface area contributed by atoms with Gasteiger partial charge in [0.25, 0.3) is 0 Å². The van der Waals surface area contributed by atoms with Crippen LogP contribution in [0.3, 0.4) is 0 Å². The topological polar surface area (TPSA) is 47.6 Å². The molecule has 0 bridgehead atoms. The van der Waals surface area contributed by atoms with Gasteiger partial charge in [0.15, 0.2) is 5.60 Å². The first-order valence-corrected chi connectivity index (χ1v) is 7.65. The van der Waals surface area contributed by atoms with E-state index in [0.29, 0.717) is 12.4 Å². The number of nitrogens with one attached hydrogen (secondary N) is 1. The van der Waals surface area contributed by atoms with Crippen LogP contribution in [0.5, 0.6) is 5.75 Å². The summed E-state index contributed by atoms with van der Waals surface area (Å²) >= 11 is 0. The molecule has 0 fully saturated rings. The molecule has 0 aliphatic carbocycles. The van der Waals surface area contributed by atoms with E-state index in [2.05, 4.69) is 12.2 Å². The fourth-order valence-corrected chi connectivity index (χ4v) is 1.90. The van der Waals surface area contributed by atoms with Gasteiger partial charge in [-0.05, 0) is 64.4 Å². The molecule has 0 saturated carbocycles. The van der Waals surface area contributed by atoms with Gasteiger partial charge in [0.1, 0.15) is 5.75 Å². The van der Waals surface area contributed by atoms with Crippen molar-refractivity contribution in [3.8, 4) is 5.75 Å². The summed E-state index contributed by atoms with van der Waals surface area (Å²) in [5.74, 6) is 0.330. The van der Waals surface area contributed by atoms with E-state index in [4.69, 9.17) is 9.47 Å². The highest BCUT2D eigenvalue weighted by Gasteiger charge is 2.31. The highest BCUT2D eigenvalue weighted by molar-refractivity contribution is 5.79. The van der Waals surface area contributed by atoms with E-state index in [-0.39, 0.29) is 5.97 Å². The SMILES string of the molecule is CCCNCCc1ccc(OC(C)(C)C(=O)OCC)cc1. The van der Waals surface area contributed by atoms with Crippen LogP contribution in [0, 0.1) is 0 Å². The molecular weight excluding hydrogens is 266 g/mol. The normalized spacial score (nSPS) is 11.2. The third-order valence-corrected chi connectivity index (χ3v) is 3.08. The minimum atomic E-state index is -0.972. The van der Waals surface area contributed by atoms with Gasteiger partial charge in [0.2, 0.25) is 0 Å². The van der Waals surface area contributed by atoms with Crippen LogP contribution < -0.4 is 10.1 Å². The van der Waals surface area contributed by atoms with Gasteiger partial charge < -0.3 is 14.8 Å². The molecule has 118 valence electrons. The number of carbonyl (C=O) groups is 1. The average Bonchev–Trinajstić information content (AvgIpc) is 2.45. The molecule has 4 heteroatoms. The maximum absolute atomic E-state index is 11.8. The lowest BCUT2D eigenvalue weighted by molar-refractivity contribution is -0.158. The van der Waals surface area contributed by atoms with Gasteiger partial charge in [0.05, 0.1) is 6.61 Å². The van der Waals surface area contributed by atoms with Crippen LogP contribution in [0.1, 0.15) is 39.7 Å². The Bertz CT molecular complexity index is 426. The van der Waals surface area contributed by atoms with Crippen LogP contribution in [0.2, 0.25) is 0 Å². The van der Waals surface area contributed by atoms with Crippen molar-refractivity contribution in [2.45, 2.75) is 46.1 Å². The van der Waals surface area contributed by atoms with Crippen LogP contribution >= 0.6 is 0 Å². The predicted octanol–water partition coefficient (Wildman–Crippen LogP) is 2.95. The number of rotatable bonds is 9. The average molecular weight is 293 g/mol. The predicted molar refractivity (Wildman–Crippen MR) is 84.6 cm³/mol. The summed E-state index contributed by atoms with van der Waals surface area (Å²) in [5, 5.41) is 3.37. The first-order valence-electron chi connectivity index (χ1n) is 7.65. The highest BCUT2D eigenvalue weighted by atomic mass is 16.6. The molecule has 4 nitrogen and oxygen atoms in total. The molecule has 1 N–H and O–H groups in total. The minimum Gasteiger partial charge on any atom is -0.476 e. The van der Waals surface area contributed by atoms with Crippen LogP contribution in [0.4, 0.5) is 0 Å². The number of ether oxygens (including phenoxy) is 2. The molecule has 0 saturated heterocycles. The molecule has 0 amide bonds. The van der Waals surface area contributed by atoms with Crippen molar-refractivity contribution < 1.29 is 14.3 Å². The lowest BCUT2D eigenvalue weighted by atomic mass is 10.1. The standard InChI is InChI=1S/C17H27NO3/c1-5-12-18-13-11-14-7-9-15(10-8-14)21-17(3,4)16(19)20-6-2/h7-10,18H,5-6,11-13H2,1-4H3. The summed E-state index contributed by atoms with van der Waals surface area (Å²) in [6.07, 6.45) is 2.14. The second-order valence-corrected chi connectivity index (χ2v) is 5.48. The Morgan fingerprint density at radius 1 is 1.14 bits per heavy atom. The second-order valence-electron chi connectivity index (χ2n) is 5.48. The number of carbonyl (C=O) groups excluding carboxylic acids is 1. The molecular formula is C17H27NO3. The second kappa shape index (κ2) is 8.67. The Balaban J connectivity index is 2.52. The molecule has 0 radical (unpaired) electrons. The van der Waals surface area contributed by atoms with Crippen molar-refractivity contribution >= 4 is 5.97 Å². The van der Waals surface area contributed by atoms with Gasteiger partial charge in [-0.1, -0.05) is 19.1 Å². The van der Waals surface area contributed by atoms with Crippen molar-refractivity contribution in [2.75, 3.05) is 19.7 Å². The van der Waals surface area contributed by atoms with Crippen molar-refractivity contribution in [3.05, 3.63) is 29.8 Å².